The second-order valence-electron chi connectivity index (χ2n) is 5.25. The van der Waals surface area contributed by atoms with Gasteiger partial charge in [0.2, 0.25) is 5.91 Å². The van der Waals surface area contributed by atoms with Crippen LogP contribution in [0.25, 0.3) is 0 Å². The summed E-state index contributed by atoms with van der Waals surface area (Å²) in [7, 11) is 0. The van der Waals surface area contributed by atoms with Crippen LogP contribution in [0.3, 0.4) is 0 Å². The predicted octanol–water partition coefficient (Wildman–Crippen LogP) is 2.78. The highest BCUT2D eigenvalue weighted by molar-refractivity contribution is 5.75. The molecule has 1 heterocycles. The van der Waals surface area contributed by atoms with Crippen LogP contribution in [0, 0.1) is 5.92 Å². The molecule has 1 aromatic heterocycles. The van der Waals surface area contributed by atoms with E-state index in [0.29, 0.717) is 13.0 Å². The molecule has 1 aliphatic rings. The van der Waals surface area contributed by atoms with Crippen LogP contribution in [0.15, 0.2) is 12.5 Å². The summed E-state index contributed by atoms with van der Waals surface area (Å²) in [5.41, 5.74) is 0.954. The van der Waals surface area contributed by atoms with E-state index in [1.54, 1.807) is 12.5 Å². The highest BCUT2D eigenvalue weighted by Crippen LogP contribution is 2.27. The maximum absolute atomic E-state index is 11.6. The van der Waals surface area contributed by atoms with Crippen molar-refractivity contribution in [3.63, 3.8) is 0 Å². The maximum atomic E-state index is 11.6. The number of imidazole rings is 1. The average molecular weight is 249 g/mol. The molecule has 0 atom stereocenters. The van der Waals surface area contributed by atoms with Gasteiger partial charge in [-0.1, -0.05) is 32.1 Å². The van der Waals surface area contributed by atoms with Crippen LogP contribution < -0.4 is 5.32 Å². The molecular formula is C14H23N3O. The normalized spacial score (nSPS) is 16.7. The van der Waals surface area contributed by atoms with Crippen molar-refractivity contribution in [1.29, 1.82) is 0 Å². The summed E-state index contributed by atoms with van der Waals surface area (Å²) in [5.74, 6) is 1.03. The number of rotatable bonds is 6. The van der Waals surface area contributed by atoms with E-state index in [-0.39, 0.29) is 5.91 Å². The first-order valence-corrected chi connectivity index (χ1v) is 7.08. The summed E-state index contributed by atoms with van der Waals surface area (Å²) in [6.07, 6.45) is 13.2. The summed E-state index contributed by atoms with van der Waals surface area (Å²) in [4.78, 5) is 18.5. The molecule has 1 saturated carbocycles. The van der Waals surface area contributed by atoms with Gasteiger partial charge in [0.05, 0.1) is 18.6 Å². The highest BCUT2D eigenvalue weighted by atomic mass is 16.1. The number of nitrogens with zero attached hydrogens (tertiary/aromatic N) is 1. The minimum Gasteiger partial charge on any atom is -0.350 e. The van der Waals surface area contributed by atoms with Crippen LogP contribution in [-0.4, -0.2) is 15.9 Å². The van der Waals surface area contributed by atoms with Crippen molar-refractivity contribution in [1.82, 2.24) is 15.3 Å². The van der Waals surface area contributed by atoms with Gasteiger partial charge >= 0.3 is 0 Å². The van der Waals surface area contributed by atoms with Gasteiger partial charge in [0.1, 0.15) is 0 Å². The predicted molar refractivity (Wildman–Crippen MR) is 70.9 cm³/mol. The molecule has 1 aromatic rings. The molecule has 100 valence electrons. The Morgan fingerprint density at radius 1 is 1.39 bits per heavy atom. The summed E-state index contributed by atoms with van der Waals surface area (Å²) in [6, 6.07) is 0. The van der Waals surface area contributed by atoms with Gasteiger partial charge in [-0.3, -0.25) is 4.79 Å². The van der Waals surface area contributed by atoms with E-state index < -0.39 is 0 Å². The van der Waals surface area contributed by atoms with Gasteiger partial charge < -0.3 is 10.3 Å². The number of aromatic amines is 1. The molecule has 1 aliphatic carbocycles. The number of carbonyl (C=O) groups is 1. The van der Waals surface area contributed by atoms with Crippen LogP contribution in [-0.2, 0) is 11.3 Å². The topological polar surface area (TPSA) is 57.8 Å². The Bertz CT molecular complexity index is 342. The van der Waals surface area contributed by atoms with E-state index in [0.717, 1.165) is 18.0 Å². The molecule has 2 N–H and O–H groups in total. The summed E-state index contributed by atoms with van der Waals surface area (Å²) in [6.45, 7) is 0.558. The van der Waals surface area contributed by atoms with Gasteiger partial charge in [-0.25, -0.2) is 4.98 Å². The third-order valence-electron chi connectivity index (χ3n) is 3.77. The Labute approximate surface area is 109 Å². The number of amides is 1. The monoisotopic (exact) mass is 249 g/mol. The van der Waals surface area contributed by atoms with Gasteiger partial charge in [0.25, 0.3) is 0 Å². The summed E-state index contributed by atoms with van der Waals surface area (Å²) in [5, 5.41) is 2.91. The average Bonchev–Trinajstić information content (AvgIpc) is 2.91. The SMILES string of the molecule is O=C(CCCC1CCCCC1)NCc1cnc[nH]1. The highest BCUT2D eigenvalue weighted by Gasteiger charge is 2.13. The molecule has 2 rings (SSSR count). The molecule has 0 aromatic carbocycles. The molecule has 18 heavy (non-hydrogen) atoms. The molecule has 4 nitrogen and oxygen atoms in total. The van der Waals surface area contributed by atoms with Crippen molar-refractivity contribution in [3.05, 3.63) is 18.2 Å². The third kappa shape index (κ3) is 4.51. The molecule has 0 saturated heterocycles. The number of aromatic nitrogens is 2. The molecule has 0 unspecified atom stereocenters. The van der Waals surface area contributed by atoms with E-state index in [1.807, 2.05) is 0 Å². The Kier molecular flexibility index (Phi) is 5.24. The van der Waals surface area contributed by atoms with Crippen molar-refractivity contribution in [3.8, 4) is 0 Å². The standard InChI is InChI=1S/C14H23N3O/c18-14(16-10-13-9-15-11-17-13)8-4-7-12-5-2-1-3-6-12/h9,11-12H,1-8,10H2,(H,15,17)(H,16,18). The van der Waals surface area contributed by atoms with E-state index >= 15 is 0 Å². The van der Waals surface area contributed by atoms with Crippen molar-refractivity contribution in [2.24, 2.45) is 5.92 Å². The molecule has 1 fully saturated rings. The second kappa shape index (κ2) is 7.19. The summed E-state index contributed by atoms with van der Waals surface area (Å²) < 4.78 is 0. The first-order valence-electron chi connectivity index (χ1n) is 7.08. The van der Waals surface area contributed by atoms with Crippen LogP contribution in [0.1, 0.15) is 57.1 Å². The summed E-state index contributed by atoms with van der Waals surface area (Å²) >= 11 is 0. The Balaban J connectivity index is 1.54. The lowest BCUT2D eigenvalue weighted by Crippen LogP contribution is -2.22. The van der Waals surface area contributed by atoms with Crippen LogP contribution in [0.2, 0.25) is 0 Å². The Morgan fingerprint density at radius 3 is 2.94 bits per heavy atom. The third-order valence-corrected chi connectivity index (χ3v) is 3.77. The van der Waals surface area contributed by atoms with E-state index in [2.05, 4.69) is 15.3 Å². The van der Waals surface area contributed by atoms with Crippen molar-refractivity contribution < 1.29 is 4.79 Å². The lowest BCUT2D eigenvalue weighted by atomic mass is 9.86. The number of nitrogens with one attached hydrogen (secondary N) is 2. The van der Waals surface area contributed by atoms with Crippen molar-refractivity contribution in [2.75, 3.05) is 0 Å². The van der Waals surface area contributed by atoms with Gasteiger partial charge in [-0.05, 0) is 18.8 Å². The minimum atomic E-state index is 0.153. The van der Waals surface area contributed by atoms with Crippen LogP contribution in [0.4, 0.5) is 0 Å². The Hall–Kier alpha value is -1.32. The second-order valence-corrected chi connectivity index (χ2v) is 5.25. The lowest BCUT2D eigenvalue weighted by molar-refractivity contribution is -0.121. The molecule has 0 radical (unpaired) electrons. The smallest absolute Gasteiger partial charge is 0.220 e. The van der Waals surface area contributed by atoms with Gasteiger partial charge in [-0.2, -0.15) is 0 Å². The number of hydrogen-bond acceptors (Lipinski definition) is 2. The van der Waals surface area contributed by atoms with E-state index in [4.69, 9.17) is 0 Å². The zero-order valence-electron chi connectivity index (χ0n) is 11.0. The largest absolute Gasteiger partial charge is 0.350 e. The minimum absolute atomic E-state index is 0.153. The quantitative estimate of drug-likeness (QED) is 0.814. The van der Waals surface area contributed by atoms with Gasteiger partial charge in [-0.15, -0.1) is 0 Å². The van der Waals surface area contributed by atoms with Crippen molar-refractivity contribution in [2.45, 2.75) is 57.9 Å². The fourth-order valence-corrected chi connectivity index (χ4v) is 2.69. The van der Waals surface area contributed by atoms with E-state index in [1.165, 1.54) is 38.5 Å². The van der Waals surface area contributed by atoms with Gasteiger partial charge in [0.15, 0.2) is 0 Å². The fraction of sp³-hybridized carbons (Fsp3) is 0.714. The first-order chi connectivity index (χ1) is 8.84. The van der Waals surface area contributed by atoms with E-state index in [9.17, 15) is 4.79 Å². The molecule has 0 spiro atoms. The molecule has 1 amide bonds. The Morgan fingerprint density at radius 2 is 2.22 bits per heavy atom. The van der Waals surface area contributed by atoms with Crippen LogP contribution >= 0.6 is 0 Å². The van der Waals surface area contributed by atoms with Crippen LogP contribution in [0.5, 0.6) is 0 Å². The number of hydrogen-bond donors (Lipinski definition) is 2. The fourth-order valence-electron chi connectivity index (χ4n) is 2.69. The maximum Gasteiger partial charge on any atom is 0.220 e. The zero-order chi connectivity index (χ0) is 12.6. The molecular weight excluding hydrogens is 226 g/mol. The van der Waals surface area contributed by atoms with Gasteiger partial charge in [0, 0.05) is 12.6 Å². The number of carbonyl (C=O) groups excluding carboxylic acids is 1. The van der Waals surface area contributed by atoms with Crippen molar-refractivity contribution >= 4 is 5.91 Å². The molecule has 4 heteroatoms. The zero-order valence-corrected chi connectivity index (χ0v) is 11.0. The first kappa shape index (κ1) is 13.1. The molecule has 0 aliphatic heterocycles. The lowest BCUT2D eigenvalue weighted by Gasteiger charge is -2.21. The number of H-pyrrole nitrogens is 1. The molecule has 0 bridgehead atoms.